The van der Waals surface area contributed by atoms with Gasteiger partial charge in [-0.1, -0.05) is 41.9 Å². The normalized spacial score (nSPS) is 10.2. The molecule has 28 heavy (non-hydrogen) atoms. The second-order valence-corrected chi connectivity index (χ2v) is 7.07. The summed E-state index contributed by atoms with van der Waals surface area (Å²) in [6.45, 7) is -0.213. The molecule has 0 spiro atoms. The van der Waals surface area contributed by atoms with Gasteiger partial charge in [-0.05, 0) is 58.4 Å². The zero-order valence-electron chi connectivity index (χ0n) is 14.6. The van der Waals surface area contributed by atoms with Crippen LogP contribution in [0.25, 0.3) is 0 Å². The Balaban J connectivity index is 1.65. The van der Waals surface area contributed by atoms with Gasteiger partial charge in [-0.2, -0.15) is 0 Å². The Bertz CT molecular complexity index is 996. The number of benzene rings is 3. The Morgan fingerprint density at radius 2 is 1.64 bits per heavy atom. The number of nitrogens with one attached hydrogen (secondary N) is 2. The third-order valence-electron chi connectivity index (χ3n) is 3.73. The predicted molar refractivity (Wildman–Crippen MR) is 114 cm³/mol. The largest absolute Gasteiger partial charge is 0.483 e. The number of carbonyl (C=O) groups excluding carboxylic acids is 2. The maximum atomic E-state index is 12.6. The molecule has 0 aliphatic heterocycles. The highest BCUT2D eigenvalue weighted by Gasteiger charge is 2.14. The van der Waals surface area contributed by atoms with Crippen molar-refractivity contribution in [3.8, 4) is 5.75 Å². The SMILES string of the molecule is O=C(COc1ccc(Cl)cc1Br)Nc1ccccc1C(=O)Nc1ccccc1. The Labute approximate surface area is 175 Å². The number of hydrogen-bond donors (Lipinski definition) is 2. The second-order valence-electron chi connectivity index (χ2n) is 5.78. The average molecular weight is 460 g/mol. The minimum atomic E-state index is -0.387. The van der Waals surface area contributed by atoms with Crippen LogP contribution in [0.1, 0.15) is 10.4 Å². The van der Waals surface area contributed by atoms with Gasteiger partial charge in [0.1, 0.15) is 5.75 Å². The van der Waals surface area contributed by atoms with E-state index in [2.05, 4.69) is 26.6 Å². The van der Waals surface area contributed by atoms with Crippen LogP contribution in [0.4, 0.5) is 11.4 Å². The molecule has 0 aliphatic rings. The molecule has 0 bridgehead atoms. The van der Waals surface area contributed by atoms with Gasteiger partial charge in [0, 0.05) is 10.7 Å². The molecule has 3 rings (SSSR count). The minimum absolute atomic E-state index is 0.213. The van der Waals surface area contributed by atoms with Gasteiger partial charge in [0.05, 0.1) is 15.7 Å². The molecule has 0 aromatic heterocycles. The first-order chi connectivity index (χ1) is 13.5. The zero-order chi connectivity index (χ0) is 19.9. The first kappa shape index (κ1) is 19.9. The first-order valence-corrected chi connectivity index (χ1v) is 9.53. The van der Waals surface area contributed by atoms with Crippen LogP contribution >= 0.6 is 27.5 Å². The lowest BCUT2D eigenvalue weighted by molar-refractivity contribution is -0.118. The van der Waals surface area contributed by atoms with Crippen LogP contribution in [0.2, 0.25) is 5.02 Å². The van der Waals surface area contributed by atoms with Crippen molar-refractivity contribution in [3.05, 3.63) is 87.9 Å². The third-order valence-corrected chi connectivity index (χ3v) is 4.58. The zero-order valence-corrected chi connectivity index (χ0v) is 17.0. The number of rotatable bonds is 6. The minimum Gasteiger partial charge on any atom is -0.483 e. The summed E-state index contributed by atoms with van der Waals surface area (Å²) in [5.41, 5.74) is 1.43. The fraction of sp³-hybridized carbons (Fsp3) is 0.0476. The van der Waals surface area contributed by atoms with Crippen LogP contribution in [0.3, 0.4) is 0 Å². The van der Waals surface area contributed by atoms with E-state index in [-0.39, 0.29) is 18.4 Å². The smallest absolute Gasteiger partial charge is 0.262 e. The van der Waals surface area contributed by atoms with Gasteiger partial charge >= 0.3 is 0 Å². The van der Waals surface area contributed by atoms with Crippen molar-refractivity contribution in [1.82, 2.24) is 0 Å². The van der Waals surface area contributed by atoms with E-state index < -0.39 is 0 Å². The second kappa shape index (κ2) is 9.39. The summed E-state index contributed by atoms with van der Waals surface area (Å²) in [6, 6.07) is 20.9. The predicted octanol–water partition coefficient (Wildman–Crippen LogP) is 5.37. The number of halogens is 2. The lowest BCUT2D eigenvalue weighted by Gasteiger charge is -2.12. The van der Waals surface area contributed by atoms with Crippen molar-refractivity contribution in [2.24, 2.45) is 0 Å². The number of para-hydroxylation sites is 2. The van der Waals surface area contributed by atoms with Gasteiger partial charge in [0.2, 0.25) is 0 Å². The molecular weight excluding hydrogens is 444 g/mol. The molecule has 0 aliphatic carbocycles. The maximum Gasteiger partial charge on any atom is 0.262 e. The summed E-state index contributed by atoms with van der Waals surface area (Å²) in [7, 11) is 0. The molecule has 0 fully saturated rings. The highest BCUT2D eigenvalue weighted by molar-refractivity contribution is 9.10. The van der Waals surface area contributed by atoms with E-state index in [1.54, 1.807) is 54.6 Å². The van der Waals surface area contributed by atoms with E-state index in [1.807, 2.05) is 18.2 Å². The lowest BCUT2D eigenvalue weighted by Crippen LogP contribution is -2.22. The van der Waals surface area contributed by atoms with Gasteiger partial charge < -0.3 is 15.4 Å². The molecule has 0 atom stereocenters. The standard InChI is InChI=1S/C21H16BrClN2O3/c22-17-12-14(23)10-11-19(17)28-13-20(26)25-18-9-5-4-8-16(18)21(27)24-15-6-2-1-3-7-15/h1-12H,13H2,(H,24,27)(H,25,26). The van der Waals surface area contributed by atoms with Crippen molar-refractivity contribution < 1.29 is 14.3 Å². The van der Waals surface area contributed by atoms with Crippen molar-refractivity contribution >= 4 is 50.7 Å². The van der Waals surface area contributed by atoms with Crippen LogP contribution in [0.15, 0.2) is 77.3 Å². The van der Waals surface area contributed by atoms with Gasteiger partial charge in [-0.25, -0.2) is 0 Å². The first-order valence-electron chi connectivity index (χ1n) is 8.36. The monoisotopic (exact) mass is 458 g/mol. The average Bonchev–Trinajstić information content (AvgIpc) is 2.68. The highest BCUT2D eigenvalue weighted by Crippen LogP contribution is 2.28. The summed E-state index contributed by atoms with van der Waals surface area (Å²) < 4.78 is 6.15. The lowest BCUT2D eigenvalue weighted by atomic mass is 10.1. The molecule has 3 aromatic carbocycles. The molecule has 142 valence electrons. The van der Waals surface area contributed by atoms with Crippen molar-refractivity contribution in [3.63, 3.8) is 0 Å². The molecule has 2 N–H and O–H groups in total. The Morgan fingerprint density at radius 3 is 2.39 bits per heavy atom. The molecule has 0 heterocycles. The van der Waals surface area contributed by atoms with Crippen molar-refractivity contribution in [2.75, 3.05) is 17.2 Å². The van der Waals surface area contributed by atoms with E-state index in [0.717, 1.165) is 0 Å². The summed E-state index contributed by atoms with van der Waals surface area (Å²) in [5, 5.41) is 6.07. The van der Waals surface area contributed by atoms with Crippen molar-refractivity contribution in [2.45, 2.75) is 0 Å². The van der Waals surface area contributed by atoms with Crippen molar-refractivity contribution in [1.29, 1.82) is 0 Å². The van der Waals surface area contributed by atoms with E-state index in [4.69, 9.17) is 16.3 Å². The van der Waals surface area contributed by atoms with Gasteiger partial charge in [-0.3, -0.25) is 9.59 Å². The van der Waals surface area contributed by atoms with Crippen LogP contribution in [0.5, 0.6) is 5.75 Å². The number of ether oxygens (including phenoxy) is 1. The van der Waals surface area contributed by atoms with Gasteiger partial charge in [0.25, 0.3) is 11.8 Å². The van der Waals surface area contributed by atoms with Gasteiger partial charge in [-0.15, -0.1) is 0 Å². The number of amides is 2. The fourth-order valence-electron chi connectivity index (χ4n) is 2.43. The van der Waals surface area contributed by atoms with Crippen LogP contribution in [-0.2, 0) is 4.79 Å². The molecule has 7 heteroatoms. The molecule has 5 nitrogen and oxygen atoms in total. The molecule has 0 saturated carbocycles. The van der Waals surface area contributed by atoms with Crippen LogP contribution in [0, 0.1) is 0 Å². The maximum absolute atomic E-state index is 12.6. The Kier molecular flexibility index (Phi) is 6.68. The molecule has 2 amide bonds. The fourth-order valence-corrected chi connectivity index (χ4v) is 3.23. The van der Waals surface area contributed by atoms with E-state index in [0.29, 0.717) is 32.2 Å². The van der Waals surface area contributed by atoms with Crippen LogP contribution < -0.4 is 15.4 Å². The summed E-state index contributed by atoms with van der Waals surface area (Å²) >= 11 is 9.22. The summed E-state index contributed by atoms with van der Waals surface area (Å²) in [5.74, 6) is -0.208. The molecule has 3 aromatic rings. The number of carbonyl (C=O) groups is 2. The molecule has 0 unspecified atom stereocenters. The Morgan fingerprint density at radius 1 is 0.929 bits per heavy atom. The third kappa shape index (κ3) is 5.34. The number of anilines is 2. The van der Waals surface area contributed by atoms with E-state index in [9.17, 15) is 9.59 Å². The molecule has 0 saturated heterocycles. The summed E-state index contributed by atoms with van der Waals surface area (Å²) in [4.78, 5) is 24.8. The number of hydrogen-bond acceptors (Lipinski definition) is 3. The van der Waals surface area contributed by atoms with E-state index >= 15 is 0 Å². The highest BCUT2D eigenvalue weighted by atomic mass is 79.9. The van der Waals surface area contributed by atoms with Gasteiger partial charge in [0.15, 0.2) is 6.61 Å². The summed E-state index contributed by atoms with van der Waals surface area (Å²) in [6.07, 6.45) is 0. The Hall–Kier alpha value is -2.83. The topological polar surface area (TPSA) is 67.4 Å². The molecule has 0 radical (unpaired) electrons. The van der Waals surface area contributed by atoms with E-state index in [1.165, 1.54) is 0 Å². The molecular formula is C21H16BrClN2O3. The van der Waals surface area contributed by atoms with Crippen LogP contribution in [-0.4, -0.2) is 18.4 Å². The quantitative estimate of drug-likeness (QED) is 0.520.